The number of anilines is 1. The van der Waals surface area contributed by atoms with Crippen LogP contribution in [0.25, 0.3) is 0 Å². The van der Waals surface area contributed by atoms with Crippen LogP contribution in [0.15, 0.2) is 18.2 Å². The van der Waals surface area contributed by atoms with Gasteiger partial charge < -0.3 is 16.2 Å². The number of rotatable bonds is 3. The zero-order valence-corrected chi connectivity index (χ0v) is 8.28. The van der Waals surface area contributed by atoms with E-state index in [0.717, 1.165) is 0 Å². The summed E-state index contributed by atoms with van der Waals surface area (Å²) in [6.45, 7) is 1.71. The molecule has 15 heavy (non-hydrogen) atoms. The topological polar surface area (TPSA) is 92.4 Å². The minimum absolute atomic E-state index is 0.0103. The molecule has 0 saturated heterocycles. The predicted octanol–water partition coefficient (Wildman–Crippen LogP) is 0.840. The number of carbonyl (C=O) groups is 2. The molecule has 0 saturated carbocycles. The van der Waals surface area contributed by atoms with Crippen molar-refractivity contribution in [2.24, 2.45) is 5.73 Å². The number of aromatic hydroxyl groups is 1. The molecule has 0 heterocycles. The van der Waals surface area contributed by atoms with Gasteiger partial charge in [-0.25, -0.2) is 0 Å². The van der Waals surface area contributed by atoms with E-state index in [2.05, 4.69) is 5.32 Å². The molecule has 1 aromatic rings. The highest BCUT2D eigenvalue weighted by molar-refractivity contribution is 5.98. The van der Waals surface area contributed by atoms with Crippen LogP contribution in [0, 0.1) is 0 Å². The number of carbonyl (C=O) groups excluding carboxylic acids is 2. The Hall–Kier alpha value is -2.04. The van der Waals surface area contributed by atoms with Gasteiger partial charge in [-0.05, 0) is 18.2 Å². The van der Waals surface area contributed by atoms with E-state index in [9.17, 15) is 14.7 Å². The maximum Gasteiger partial charge on any atom is 0.252 e. The Morgan fingerprint density at radius 3 is 2.67 bits per heavy atom. The van der Waals surface area contributed by atoms with Gasteiger partial charge in [-0.2, -0.15) is 0 Å². The number of nitrogens with one attached hydrogen (secondary N) is 1. The summed E-state index contributed by atoms with van der Waals surface area (Å²) >= 11 is 0. The first-order valence-electron chi connectivity index (χ1n) is 4.47. The number of nitrogens with two attached hydrogens (primary N) is 1. The van der Waals surface area contributed by atoms with E-state index >= 15 is 0 Å². The Labute approximate surface area is 86.9 Å². The van der Waals surface area contributed by atoms with E-state index in [1.54, 1.807) is 6.92 Å². The number of amides is 2. The van der Waals surface area contributed by atoms with Gasteiger partial charge in [0.1, 0.15) is 5.75 Å². The third-order valence-electron chi connectivity index (χ3n) is 1.87. The number of primary amides is 1. The summed E-state index contributed by atoms with van der Waals surface area (Å²) in [6, 6.07) is 4.14. The fourth-order valence-corrected chi connectivity index (χ4v) is 1.06. The molecule has 0 aromatic heterocycles. The molecule has 5 heteroatoms. The van der Waals surface area contributed by atoms with Gasteiger partial charge in [0.15, 0.2) is 0 Å². The second kappa shape index (κ2) is 4.45. The summed E-state index contributed by atoms with van der Waals surface area (Å²) in [5.74, 6) is -1.10. The van der Waals surface area contributed by atoms with Crippen LogP contribution in [-0.2, 0) is 4.79 Å². The van der Waals surface area contributed by atoms with E-state index in [-0.39, 0.29) is 17.2 Å². The third-order valence-corrected chi connectivity index (χ3v) is 1.87. The molecule has 5 nitrogen and oxygen atoms in total. The molecule has 2 amide bonds. The summed E-state index contributed by atoms with van der Waals surface area (Å²) in [5.41, 5.74) is 5.46. The molecule has 0 unspecified atom stereocenters. The lowest BCUT2D eigenvalue weighted by molar-refractivity contribution is -0.115. The fraction of sp³-hybridized carbons (Fsp3) is 0.200. The monoisotopic (exact) mass is 208 g/mol. The van der Waals surface area contributed by atoms with Gasteiger partial charge in [0.2, 0.25) is 5.91 Å². The van der Waals surface area contributed by atoms with Crippen LogP contribution in [0.5, 0.6) is 5.75 Å². The molecule has 1 aromatic carbocycles. The van der Waals surface area contributed by atoms with Crippen LogP contribution in [0.1, 0.15) is 23.7 Å². The fourth-order valence-electron chi connectivity index (χ4n) is 1.06. The maximum absolute atomic E-state index is 11.1. The summed E-state index contributed by atoms with van der Waals surface area (Å²) in [4.78, 5) is 21.9. The Kier molecular flexibility index (Phi) is 3.28. The number of hydrogen-bond acceptors (Lipinski definition) is 3. The predicted molar refractivity (Wildman–Crippen MR) is 55.5 cm³/mol. The van der Waals surface area contributed by atoms with Crippen molar-refractivity contribution in [1.82, 2.24) is 0 Å². The van der Waals surface area contributed by atoms with Crippen LogP contribution in [-0.4, -0.2) is 16.9 Å². The Morgan fingerprint density at radius 2 is 2.13 bits per heavy atom. The van der Waals surface area contributed by atoms with Crippen LogP contribution >= 0.6 is 0 Å². The van der Waals surface area contributed by atoms with Crippen LogP contribution < -0.4 is 11.1 Å². The second-order valence-corrected chi connectivity index (χ2v) is 3.00. The molecule has 0 bridgehead atoms. The lowest BCUT2D eigenvalue weighted by Crippen LogP contribution is -2.13. The van der Waals surface area contributed by atoms with Gasteiger partial charge in [-0.15, -0.1) is 0 Å². The van der Waals surface area contributed by atoms with Crippen LogP contribution in [0.4, 0.5) is 5.69 Å². The van der Waals surface area contributed by atoms with Gasteiger partial charge in [-0.3, -0.25) is 9.59 Å². The minimum atomic E-state index is -0.736. The van der Waals surface area contributed by atoms with Gasteiger partial charge in [0.25, 0.3) is 5.91 Å². The highest BCUT2D eigenvalue weighted by Crippen LogP contribution is 2.20. The molecular formula is C10H12N2O3. The molecular weight excluding hydrogens is 196 g/mol. The van der Waals surface area contributed by atoms with Gasteiger partial charge in [0.05, 0.1) is 5.56 Å². The molecule has 0 fully saturated rings. The van der Waals surface area contributed by atoms with E-state index in [0.29, 0.717) is 12.1 Å². The molecule has 0 radical (unpaired) electrons. The molecule has 0 aliphatic heterocycles. The number of phenols is 1. The highest BCUT2D eigenvalue weighted by Gasteiger charge is 2.09. The zero-order valence-electron chi connectivity index (χ0n) is 8.28. The van der Waals surface area contributed by atoms with Gasteiger partial charge in [0, 0.05) is 12.1 Å². The Balaban J connectivity index is 2.97. The van der Waals surface area contributed by atoms with Crippen molar-refractivity contribution in [3.63, 3.8) is 0 Å². The van der Waals surface area contributed by atoms with E-state index in [1.165, 1.54) is 18.2 Å². The molecule has 80 valence electrons. The highest BCUT2D eigenvalue weighted by atomic mass is 16.3. The average molecular weight is 208 g/mol. The first kappa shape index (κ1) is 11.0. The van der Waals surface area contributed by atoms with Crippen LogP contribution in [0.3, 0.4) is 0 Å². The van der Waals surface area contributed by atoms with Crippen molar-refractivity contribution in [3.05, 3.63) is 23.8 Å². The standard InChI is InChI=1S/C10H12N2O3/c1-2-9(14)12-6-3-4-8(13)7(5-6)10(11)15/h3-5,13H,2H2,1H3,(H2,11,15)(H,12,14). The first-order valence-corrected chi connectivity index (χ1v) is 4.47. The summed E-state index contributed by atoms with van der Waals surface area (Å²) in [6.07, 6.45) is 0.340. The van der Waals surface area contributed by atoms with E-state index in [4.69, 9.17) is 5.73 Å². The number of benzene rings is 1. The summed E-state index contributed by atoms with van der Waals surface area (Å²) in [5, 5.41) is 11.8. The third kappa shape index (κ3) is 2.70. The summed E-state index contributed by atoms with van der Waals surface area (Å²) in [7, 11) is 0. The van der Waals surface area contributed by atoms with Crippen molar-refractivity contribution in [2.75, 3.05) is 5.32 Å². The first-order chi connectivity index (χ1) is 7.04. The van der Waals surface area contributed by atoms with Crippen molar-refractivity contribution in [1.29, 1.82) is 0 Å². The normalized spacial score (nSPS) is 9.67. The SMILES string of the molecule is CCC(=O)Nc1ccc(O)c(C(N)=O)c1. The van der Waals surface area contributed by atoms with Gasteiger partial charge in [-0.1, -0.05) is 6.92 Å². The Morgan fingerprint density at radius 1 is 1.47 bits per heavy atom. The Bertz CT molecular complexity index is 402. The largest absolute Gasteiger partial charge is 0.507 e. The average Bonchev–Trinajstić information content (AvgIpc) is 2.20. The van der Waals surface area contributed by atoms with Crippen molar-refractivity contribution in [2.45, 2.75) is 13.3 Å². The minimum Gasteiger partial charge on any atom is -0.507 e. The lowest BCUT2D eigenvalue weighted by Gasteiger charge is -2.06. The molecule has 0 spiro atoms. The molecule has 0 aliphatic carbocycles. The van der Waals surface area contributed by atoms with Crippen molar-refractivity contribution in [3.8, 4) is 5.75 Å². The van der Waals surface area contributed by atoms with Crippen molar-refractivity contribution >= 4 is 17.5 Å². The maximum atomic E-state index is 11.1. The van der Waals surface area contributed by atoms with Crippen molar-refractivity contribution < 1.29 is 14.7 Å². The smallest absolute Gasteiger partial charge is 0.252 e. The van der Waals surface area contributed by atoms with Gasteiger partial charge >= 0.3 is 0 Å². The quantitative estimate of drug-likeness (QED) is 0.642. The van der Waals surface area contributed by atoms with Crippen LogP contribution in [0.2, 0.25) is 0 Å². The van der Waals surface area contributed by atoms with E-state index < -0.39 is 5.91 Å². The summed E-state index contributed by atoms with van der Waals surface area (Å²) < 4.78 is 0. The van der Waals surface area contributed by atoms with E-state index in [1.807, 2.05) is 0 Å². The zero-order chi connectivity index (χ0) is 11.4. The molecule has 1 rings (SSSR count). The number of hydrogen-bond donors (Lipinski definition) is 3. The lowest BCUT2D eigenvalue weighted by atomic mass is 10.1. The molecule has 0 aliphatic rings. The second-order valence-electron chi connectivity index (χ2n) is 3.00. The molecule has 4 N–H and O–H groups in total. The molecule has 0 atom stereocenters.